The molecule has 0 radical (unpaired) electrons. The standard InChI is InChI=1S/C35H27F3N12O4.2ClH/c1-3-49-29-22(13-40-15-24(29)43-33(49)27-31(39)47-53-45-27)18-7-5-9-20(11-18)26(51)17-42-32-28(46-54-48-32)34-44-25-16-41-14-23(30(25)50(34)4-2)19-8-6-10-21(12-19)52-35(36,37)38;;/h5-16H,3-4,17H2,1-2H3,(H2,39,47)(H,42,48);2*1H. The van der Waals surface area contributed by atoms with Crippen LogP contribution in [0.2, 0.25) is 0 Å². The number of nitrogens with one attached hydrogen (secondary N) is 1. The van der Waals surface area contributed by atoms with Crippen molar-refractivity contribution >= 4 is 64.3 Å². The van der Waals surface area contributed by atoms with Crippen LogP contribution >= 0.6 is 24.8 Å². The molecule has 16 nitrogen and oxygen atoms in total. The maximum Gasteiger partial charge on any atom is 0.573 e. The number of aryl methyl sites for hydroxylation is 2. The lowest BCUT2D eigenvalue weighted by atomic mass is 10.0. The molecule has 8 aromatic rings. The van der Waals surface area contributed by atoms with Crippen molar-refractivity contribution in [2.45, 2.75) is 33.3 Å². The van der Waals surface area contributed by atoms with Gasteiger partial charge in [0.05, 0.1) is 30.0 Å². The van der Waals surface area contributed by atoms with Gasteiger partial charge in [-0.05, 0) is 63.8 Å². The summed E-state index contributed by atoms with van der Waals surface area (Å²) in [7, 11) is 0. The highest BCUT2D eigenvalue weighted by atomic mass is 35.5. The zero-order valence-electron chi connectivity index (χ0n) is 29.2. The summed E-state index contributed by atoms with van der Waals surface area (Å²) in [6.07, 6.45) is 1.56. The van der Waals surface area contributed by atoms with Crippen molar-refractivity contribution in [1.29, 1.82) is 0 Å². The van der Waals surface area contributed by atoms with Crippen LogP contribution in [0, 0.1) is 0 Å². The Morgan fingerprint density at radius 1 is 0.786 bits per heavy atom. The van der Waals surface area contributed by atoms with E-state index in [4.69, 9.17) is 20.0 Å². The van der Waals surface area contributed by atoms with Gasteiger partial charge in [0.25, 0.3) is 0 Å². The smallest absolute Gasteiger partial charge is 0.406 e. The Balaban J connectivity index is 0.00000266. The number of benzene rings is 2. The minimum Gasteiger partial charge on any atom is -0.406 e. The number of nitrogen functional groups attached to an aromatic ring is 1. The highest BCUT2D eigenvalue weighted by Crippen LogP contribution is 2.36. The van der Waals surface area contributed by atoms with Crippen LogP contribution in [-0.2, 0) is 13.1 Å². The molecule has 0 aliphatic carbocycles. The fourth-order valence-corrected chi connectivity index (χ4v) is 6.37. The summed E-state index contributed by atoms with van der Waals surface area (Å²) >= 11 is 0. The van der Waals surface area contributed by atoms with Gasteiger partial charge >= 0.3 is 6.36 Å². The molecule has 56 heavy (non-hydrogen) atoms. The van der Waals surface area contributed by atoms with Gasteiger partial charge in [-0.25, -0.2) is 19.2 Å². The number of imidazole rings is 2. The van der Waals surface area contributed by atoms with Crippen molar-refractivity contribution in [1.82, 2.24) is 49.7 Å². The fraction of sp³-hybridized carbons (Fsp3) is 0.171. The lowest BCUT2D eigenvalue weighted by Crippen LogP contribution is -2.17. The zero-order chi connectivity index (χ0) is 37.6. The second-order valence-electron chi connectivity index (χ2n) is 11.9. The fourth-order valence-electron chi connectivity index (χ4n) is 6.37. The third-order valence-electron chi connectivity index (χ3n) is 8.65. The number of alkyl halides is 3. The number of fused-ring (bicyclic) bond motifs is 2. The van der Waals surface area contributed by atoms with Crippen LogP contribution in [0.1, 0.15) is 24.2 Å². The molecule has 0 atom stereocenters. The molecule has 0 unspecified atom stereocenters. The molecular weight excluding hydrogens is 780 g/mol. The number of rotatable bonds is 11. The molecule has 3 N–H and O–H groups in total. The Kier molecular flexibility index (Phi) is 10.9. The van der Waals surface area contributed by atoms with Crippen LogP contribution in [0.25, 0.3) is 67.4 Å². The summed E-state index contributed by atoms with van der Waals surface area (Å²) in [5, 5.41) is 18.7. The van der Waals surface area contributed by atoms with Gasteiger partial charge in [-0.1, -0.05) is 30.3 Å². The number of hydrogen-bond donors (Lipinski definition) is 2. The van der Waals surface area contributed by atoms with Gasteiger partial charge in [0.1, 0.15) is 16.8 Å². The average Bonchev–Trinajstić information content (AvgIpc) is 3.97. The molecule has 0 fully saturated rings. The number of ether oxygens (including phenoxy) is 1. The van der Waals surface area contributed by atoms with E-state index in [-0.39, 0.29) is 60.2 Å². The number of Topliss-reactive ketones (excluding diaryl/α,β-unsaturated/α-hetero) is 1. The minimum absolute atomic E-state index is 0. The normalized spacial score (nSPS) is 11.4. The van der Waals surface area contributed by atoms with Crippen molar-refractivity contribution < 1.29 is 32.0 Å². The molecule has 6 aromatic heterocycles. The highest BCUT2D eigenvalue weighted by molar-refractivity contribution is 6.02. The van der Waals surface area contributed by atoms with Crippen molar-refractivity contribution in [3.05, 3.63) is 78.9 Å². The zero-order valence-corrected chi connectivity index (χ0v) is 30.8. The maximum absolute atomic E-state index is 13.6. The SMILES string of the molecule is CCn1c(-c2nonc2N)nc2cncc(-c3cccc(C(=O)CNc4nonc4-c4nc5cncc(-c6cccc(OC(F)(F)F)c6)c5n4CC)c3)c21.Cl.Cl. The number of halogens is 5. The van der Waals surface area contributed by atoms with Crippen molar-refractivity contribution in [3.63, 3.8) is 0 Å². The lowest BCUT2D eigenvalue weighted by molar-refractivity contribution is -0.274. The molecule has 21 heteroatoms. The van der Waals surface area contributed by atoms with Gasteiger partial charge in [0.2, 0.25) is 5.82 Å². The molecule has 8 rings (SSSR count). The van der Waals surface area contributed by atoms with Crippen LogP contribution in [-0.4, -0.2) is 68.4 Å². The third kappa shape index (κ3) is 7.16. The number of carbonyl (C=O) groups excluding carboxylic acids is 1. The highest BCUT2D eigenvalue weighted by Gasteiger charge is 2.31. The monoisotopic (exact) mass is 808 g/mol. The van der Waals surface area contributed by atoms with E-state index in [1.54, 1.807) is 36.7 Å². The molecule has 2 aromatic carbocycles. The van der Waals surface area contributed by atoms with E-state index in [0.29, 0.717) is 63.7 Å². The second kappa shape index (κ2) is 15.6. The lowest BCUT2D eigenvalue weighted by Gasteiger charge is -2.12. The molecule has 0 aliphatic rings. The number of anilines is 2. The average molecular weight is 810 g/mol. The first-order chi connectivity index (χ1) is 26.1. The van der Waals surface area contributed by atoms with Crippen LogP contribution < -0.4 is 15.8 Å². The maximum atomic E-state index is 13.6. The summed E-state index contributed by atoms with van der Waals surface area (Å²) in [4.78, 5) is 31.7. The van der Waals surface area contributed by atoms with Crippen LogP contribution in [0.3, 0.4) is 0 Å². The topological polar surface area (TPSA) is 204 Å². The second-order valence-corrected chi connectivity index (χ2v) is 11.9. The van der Waals surface area contributed by atoms with E-state index < -0.39 is 6.36 Å². The Hall–Kier alpha value is -6.60. The van der Waals surface area contributed by atoms with Crippen LogP contribution in [0.5, 0.6) is 5.75 Å². The van der Waals surface area contributed by atoms with Crippen LogP contribution in [0.4, 0.5) is 24.8 Å². The molecule has 6 heterocycles. The molecule has 0 amide bonds. The molecular formula is C35H29Cl2F3N12O4. The third-order valence-corrected chi connectivity index (χ3v) is 8.65. The van der Waals surface area contributed by atoms with Gasteiger partial charge in [0.15, 0.2) is 34.6 Å². The number of pyridine rings is 2. The van der Waals surface area contributed by atoms with Crippen molar-refractivity contribution in [2.75, 3.05) is 17.6 Å². The van der Waals surface area contributed by atoms with E-state index in [9.17, 15) is 18.0 Å². The quantitative estimate of drug-likeness (QED) is 0.123. The summed E-state index contributed by atoms with van der Waals surface area (Å²) in [6, 6.07) is 12.7. The van der Waals surface area contributed by atoms with Crippen molar-refractivity contribution in [3.8, 4) is 51.0 Å². The number of nitrogens with two attached hydrogens (primary N) is 1. The number of aromatic nitrogens is 10. The van der Waals surface area contributed by atoms with Crippen molar-refractivity contribution in [2.24, 2.45) is 0 Å². The summed E-state index contributed by atoms with van der Waals surface area (Å²) in [5.74, 6) is 0.464. The van der Waals surface area contributed by atoms with Gasteiger partial charge in [-0.2, -0.15) is 0 Å². The molecule has 0 aliphatic heterocycles. The molecule has 0 spiro atoms. The first-order valence-electron chi connectivity index (χ1n) is 16.5. The largest absolute Gasteiger partial charge is 0.573 e. The summed E-state index contributed by atoms with van der Waals surface area (Å²) in [6.45, 7) is 4.58. The Bertz CT molecular complexity index is 2690. The Labute approximate surface area is 326 Å². The first-order valence-corrected chi connectivity index (χ1v) is 16.5. The van der Waals surface area contributed by atoms with E-state index in [2.05, 4.69) is 45.6 Å². The number of carbonyl (C=O) groups is 1. The van der Waals surface area contributed by atoms with Gasteiger partial charge in [-0.15, -0.1) is 38.0 Å². The Morgan fingerprint density at radius 2 is 1.36 bits per heavy atom. The van der Waals surface area contributed by atoms with E-state index in [1.807, 2.05) is 29.0 Å². The number of hydrogen-bond acceptors (Lipinski definition) is 14. The molecule has 0 saturated carbocycles. The van der Waals surface area contributed by atoms with Crippen LogP contribution in [0.15, 0.2) is 82.6 Å². The molecule has 0 saturated heterocycles. The van der Waals surface area contributed by atoms with E-state index >= 15 is 0 Å². The summed E-state index contributed by atoms with van der Waals surface area (Å²) in [5.41, 5.74) is 11.8. The van der Waals surface area contributed by atoms with E-state index in [1.165, 1.54) is 30.6 Å². The van der Waals surface area contributed by atoms with Gasteiger partial charge in [0, 0.05) is 42.2 Å². The minimum atomic E-state index is -4.85. The predicted molar refractivity (Wildman–Crippen MR) is 202 cm³/mol. The number of nitrogens with zero attached hydrogens (tertiary/aromatic N) is 10. The Morgan fingerprint density at radius 3 is 1.95 bits per heavy atom. The molecule has 288 valence electrons. The summed E-state index contributed by atoms with van der Waals surface area (Å²) < 4.78 is 56.6. The number of ketones is 1. The van der Waals surface area contributed by atoms with Gasteiger partial charge in [-0.3, -0.25) is 14.8 Å². The van der Waals surface area contributed by atoms with Gasteiger partial charge < -0.3 is 24.9 Å². The predicted octanol–water partition coefficient (Wildman–Crippen LogP) is 7.27. The first kappa shape index (κ1) is 39.1. The van der Waals surface area contributed by atoms with E-state index in [0.717, 1.165) is 16.6 Å². The molecule has 0 bridgehead atoms.